The van der Waals surface area contributed by atoms with E-state index in [1.165, 1.54) is 0 Å². The standard InChI is InChI=1S/C26H26ClNO4/c1-31-24-16-20(12-13-23(24)32-17-18-7-3-2-4-8-18)25(19-9-5-10-21(27)15-19)28-14-6-11-22(28)26(29)30/h2-5,7-10,12-13,15-16,22,25H,6,11,14,17H2,1H3,(H,29,30). The molecular formula is C26H26ClNO4. The zero-order valence-corrected chi connectivity index (χ0v) is 18.7. The van der Waals surface area contributed by atoms with E-state index in [9.17, 15) is 9.90 Å². The molecular weight excluding hydrogens is 426 g/mol. The van der Waals surface area contributed by atoms with Gasteiger partial charge in [-0.25, -0.2) is 0 Å². The second-order valence-corrected chi connectivity index (χ2v) is 8.31. The maximum atomic E-state index is 11.9. The molecule has 5 nitrogen and oxygen atoms in total. The predicted molar refractivity (Wildman–Crippen MR) is 124 cm³/mol. The molecule has 2 unspecified atom stereocenters. The third kappa shape index (κ3) is 4.90. The molecule has 1 aliphatic rings. The fourth-order valence-electron chi connectivity index (χ4n) is 4.32. The molecule has 1 heterocycles. The average Bonchev–Trinajstić information content (AvgIpc) is 3.29. The number of hydrogen-bond acceptors (Lipinski definition) is 4. The van der Waals surface area contributed by atoms with E-state index >= 15 is 0 Å². The van der Waals surface area contributed by atoms with Gasteiger partial charge in [-0.1, -0.05) is 60.1 Å². The lowest BCUT2D eigenvalue weighted by Gasteiger charge is -2.32. The highest BCUT2D eigenvalue weighted by atomic mass is 35.5. The topological polar surface area (TPSA) is 59.0 Å². The number of rotatable bonds is 8. The predicted octanol–water partition coefficient (Wildman–Crippen LogP) is 5.57. The van der Waals surface area contributed by atoms with Gasteiger partial charge in [-0.15, -0.1) is 0 Å². The monoisotopic (exact) mass is 451 g/mol. The third-order valence-corrected chi connectivity index (χ3v) is 6.05. The van der Waals surface area contributed by atoms with Crippen LogP contribution < -0.4 is 9.47 Å². The third-order valence-electron chi connectivity index (χ3n) is 5.82. The van der Waals surface area contributed by atoms with E-state index in [2.05, 4.69) is 0 Å². The van der Waals surface area contributed by atoms with Crippen LogP contribution in [0.15, 0.2) is 72.8 Å². The summed E-state index contributed by atoms with van der Waals surface area (Å²) in [5.74, 6) is 0.446. The molecule has 0 aromatic heterocycles. The molecule has 0 radical (unpaired) electrons. The zero-order valence-electron chi connectivity index (χ0n) is 17.9. The lowest BCUT2D eigenvalue weighted by molar-refractivity contribution is -0.142. The maximum Gasteiger partial charge on any atom is 0.320 e. The first-order valence-corrected chi connectivity index (χ1v) is 11.0. The van der Waals surface area contributed by atoms with Gasteiger partial charge in [0.1, 0.15) is 12.6 Å². The number of carboxylic acid groups (broad SMARTS) is 1. The highest BCUT2D eigenvalue weighted by Crippen LogP contribution is 2.39. The Labute approximate surface area is 193 Å². The molecule has 3 aromatic rings. The first-order chi connectivity index (χ1) is 15.6. The summed E-state index contributed by atoms with van der Waals surface area (Å²) < 4.78 is 11.6. The van der Waals surface area contributed by atoms with Crippen LogP contribution >= 0.6 is 11.6 Å². The van der Waals surface area contributed by atoms with Crippen LogP contribution in [0, 0.1) is 0 Å². The van der Waals surface area contributed by atoms with Gasteiger partial charge in [0.05, 0.1) is 13.2 Å². The van der Waals surface area contributed by atoms with Gasteiger partial charge in [0.25, 0.3) is 0 Å². The number of methoxy groups -OCH3 is 1. The Morgan fingerprint density at radius 2 is 1.84 bits per heavy atom. The SMILES string of the molecule is COc1cc(C(c2cccc(Cl)c2)N2CCCC2C(=O)O)ccc1OCc1ccccc1. The van der Waals surface area contributed by atoms with Crippen molar-refractivity contribution in [2.45, 2.75) is 31.5 Å². The van der Waals surface area contributed by atoms with Crippen LogP contribution in [0.4, 0.5) is 0 Å². The number of nitrogens with zero attached hydrogens (tertiary/aromatic N) is 1. The van der Waals surface area contributed by atoms with Crippen molar-refractivity contribution in [2.75, 3.05) is 13.7 Å². The molecule has 0 aliphatic carbocycles. The molecule has 3 aromatic carbocycles. The number of ether oxygens (including phenoxy) is 2. The number of benzene rings is 3. The first-order valence-electron chi connectivity index (χ1n) is 10.7. The number of aliphatic carboxylic acids is 1. The minimum atomic E-state index is -0.802. The molecule has 0 amide bonds. The summed E-state index contributed by atoms with van der Waals surface area (Å²) in [6.07, 6.45) is 1.46. The van der Waals surface area contributed by atoms with Crippen LogP contribution in [0.1, 0.15) is 35.6 Å². The first kappa shape index (κ1) is 22.2. The smallest absolute Gasteiger partial charge is 0.320 e. The second-order valence-electron chi connectivity index (χ2n) is 7.88. The molecule has 0 bridgehead atoms. The van der Waals surface area contributed by atoms with Crippen molar-refractivity contribution in [3.8, 4) is 11.5 Å². The molecule has 1 aliphatic heterocycles. The lowest BCUT2D eigenvalue weighted by atomic mass is 9.95. The molecule has 4 rings (SSSR count). The second kappa shape index (κ2) is 10.1. The summed E-state index contributed by atoms with van der Waals surface area (Å²) in [5.41, 5.74) is 2.95. The number of hydrogen-bond donors (Lipinski definition) is 1. The summed E-state index contributed by atoms with van der Waals surface area (Å²) in [6, 6.07) is 22.5. The number of carboxylic acids is 1. The van der Waals surface area contributed by atoms with Crippen molar-refractivity contribution in [2.24, 2.45) is 0 Å². The largest absolute Gasteiger partial charge is 0.493 e. The van der Waals surface area contributed by atoms with Crippen LogP contribution in [-0.2, 0) is 11.4 Å². The van der Waals surface area contributed by atoms with Gasteiger partial charge in [-0.05, 0) is 53.8 Å². The molecule has 6 heteroatoms. The van der Waals surface area contributed by atoms with Crippen LogP contribution in [0.25, 0.3) is 0 Å². The summed E-state index contributed by atoms with van der Waals surface area (Å²) in [5, 5.41) is 10.4. The van der Waals surface area contributed by atoms with E-state index in [0.717, 1.165) is 23.1 Å². The van der Waals surface area contributed by atoms with E-state index in [-0.39, 0.29) is 6.04 Å². The van der Waals surface area contributed by atoms with E-state index in [4.69, 9.17) is 21.1 Å². The van der Waals surface area contributed by atoms with Crippen LogP contribution in [0.2, 0.25) is 5.02 Å². The van der Waals surface area contributed by atoms with Crippen LogP contribution in [0.5, 0.6) is 11.5 Å². The van der Waals surface area contributed by atoms with E-state index in [1.807, 2.05) is 77.7 Å². The molecule has 0 saturated carbocycles. The van der Waals surface area contributed by atoms with Gasteiger partial charge in [0, 0.05) is 11.6 Å². The number of carbonyl (C=O) groups is 1. The van der Waals surface area contributed by atoms with E-state index < -0.39 is 12.0 Å². The van der Waals surface area contributed by atoms with E-state index in [0.29, 0.717) is 36.1 Å². The van der Waals surface area contributed by atoms with Crippen LogP contribution in [-0.4, -0.2) is 35.7 Å². The van der Waals surface area contributed by atoms with Crippen LogP contribution in [0.3, 0.4) is 0 Å². The summed E-state index contributed by atoms with van der Waals surface area (Å²) in [4.78, 5) is 14.0. The van der Waals surface area contributed by atoms with Gasteiger partial charge in [0.2, 0.25) is 0 Å². The van der Waals surface area contributed by atoms with Crippen molar-refractivity contribution in [1.82, 2.24) is 4.90 Å². The molecule has 32 heavy (non-hydrogen) atoms. The van der Waals surface area contributed by atoms with Crippen molar-refractivity contribution < 1.29 is 19.4 Å². The molecule has 1 fully saturated rings. The number of halogens is 1. The number of likely N-dealkylation sites (tertiary alicyclic amines) is 1. The zero-order chi connectivity index (χ0) is 22.5. The highest BCUT2D eigenvalue weighted by Gasteiger charge is 2.37. The Bertz CT molecular complexity index is 1070. The summed E-state index contributed by atoms with van der Waals surface area (Å²) >= 11 is 6.29. The van der Waals surface area contributed by atoms with Gasteiger partial charge in [0.15, 0.2) is 11.5 Å². The minimum absolute atomic E-state index is 0.255. The summed E-state index contributed by atoms with van der Waals surface area (Å²) in [7, 11) is 1.61. The Morgan fingerprint density at radius 1 is 1.06 bits per heavy atom. The van der Waals surface area contributed by atoms with Crippen molar-refractivity contribution in [3.05, 3.63) is 94.5 Å². The maximum absolute atomic E-state index is 11.9. The van der Waals surface area contributed by atoms with Gasteiger partial charge in [-0.2, -0.15) is 0 Å². The van der Waals surface area contributed by atoms with Crippen molar-refractivity contribution in [3.63, 3.8) is 0 Å². The Morgan fingerprint density at radius 3 is 2.56 bits per heavy atom. The Balaban J connectivity index is 1.68. The van der Waals surface area contributed by atoms with E-state index in [1.54, 1.807) is 7.11 Å². The molecule has 1 saturated heterocycles. The summed E-state index contributed by atoms with van der Waals surface area (Å²) in [6.45, 7) is 1.13. The fourth-order valence-corrected chi connectivity index (χ4v) is 4.52. The molecule has 166 valence electrons. The quantitative estimate of drug-likeness (QED) is 0.485. The van der Waals surface area contributed by atoms with Gasteiger partial charge >= 0.3 is 5.97 Å². The Hall–Kier alpha value is -3.02. The highest BCUT2D eigenvalue weighted by molar-refractivity contribution is 6.30. The molecule has 0 spiro atoms. The van der Waals surface area contributed by atoms with Gasteiger partial charge in [-0.3, -0.25) is 9.69 Å². The lowest BCUT2D eigenvalue weighted by Crippen LogP contribution is -2.39. The fraction of sp³-hybridized carbons (Fsp3) is 0.269. The molecule has 2 atom stereocenters. The normalized spacial score (nSPS) is 17.1. The molecule has 1 N–H and O–H groups in total. The average molecular weight is 452 g/mol. The minimum Gasteiger partial charge on any atom is -0.493 e. The van der Waals surface area contributed by atoms with Crippen molar-refractivity contribution in [1.29, 1.82) is 0 Å². The van der Waals surface area contributed by atoms with Gasteiger partial charge < -0.3 is 14.6 Å². The van der Waals surface area contributed by atoms with Crippen molar-refractivity contribution >= 4 is 17.6 Å². The Kier molecular flexibility index (Phi) is 6.98.